The van der Waals surface area contributed by atoms with E-state index < -0.39 is 0 Å². The van der Waals surface area contributed by atoms with Gasteiger partial charge in [-0.25, -0.2) is 4.98 Å². The lowest BCUT2D eigenvalue weighted by molar-refractivity contribution is 0.300. The van der Waals surface area contributed by atoms with Gasteiger partial charge in [0, 0.05) is 17.6 Å². The van der Waals surface area contributed by atoms with Gasteiger partial charge in [0.1, 0.15) is 5.82 Å². The Hall–Kier alpha value is -0.610. The minimum absolute atomic E-state index is 0.946. The molecule has 3 nitrogen and oxygen atoms in total. The Balaban J connectivity index is 2.37. The summed E-state index contributed by atoms with van der Waals surface area (Å²) in [7, 11) is 0. The zero-order valence-corrected chi connectivity index (χ0v) is 12.5. The van der Waals surface area contributed by atoms with Crippen LogP contribution in [0.2, 0.25) is 0 Å². The Labute approximate surface area is 113 Å². The van der Waals surface area contributed by atoms with Crippen LogP contribution in [0.1, 0.15) is 26.0 Å². The molecular formula is C13H22BrN3. The van der Waals surface area contributed by atoms with Crippen molar-refractivity contribution in [2.45, 2.75) is 27.2 Å². The molecule has 1 rings (SSSR count). The van der Waals surface area contributed by atoms with E-state index in [9.17, 15) is 0 Å². The zero-order chi connectivity index (χ0) is 12.7. The van der Waals surface area contributed by atoms with Crippen molar-refractivity contribution in [2.75, 3.05) is 31.5 Å². The number of rotatable bonds is 7. The zero-order valence-electron chi connectivity index (χ0n) is 11.0. The molecule has 0 radical (unpaired) electrons. The molecule has 0 spiro atoms. The van der Waals surface area contributed by atoms with Crippen molar-refractivity contribution < 1.29 is 0 Å². The number of nitrogens with one attached hydrogen (secondary N) is 1. The molecule has 17 heavy (non-hydrogen) atoms. The molecule has 0 atom stereocenters. The van der Waals surface area contributed by atoms with Gasteiger partial charge in [0.05, 0.1) is 5.69 Å². The van der Waals surface area contributed by atoms with Crippen molar-refractivity contribution in [3.05, 3.63) is 22.3 Å². The Morgan fingerprint density at radius 2 is 2.06 bits per heavy atom. The normalized spacial score (nSPS) is 10.9. The molecule has 0 bridgehead atoms. The van der Waals surface area contributed by atoms with E-state index in [0.29, 0.717) is 0 Å². The summed E-state index contributed by atoms with van der Waals surface area (Å²) in [6.07, 6.45) is 1.21. The smallest absolute Gasteiger partial charge is 0.126 e. The van der Waals surface area contributed by atoms with E-state index in [1.54, 1.807) is 0 Å². The van der Waals surface area contributed by atoms with E-state index in [-0.39, 0.29) is 0 Å². The van der Waals surface area contributed by atoms with Gasteiger partial charge in [0.25, 0.3) is 0 Å². The lowest BCUT2D eigenvalue weighted by Crippen LogP contribution is -2.29. The average molecular weight is 300 g/mol. The number of nitrogens with zero attached hydrogens (tertiary/aromatic N) is 2. The first kappa shape index (κ1) is 14.5. The number of anilines is 1. The van der Waals surface area contributed by atoms with E-state index in [1.807, 2.05) is 19.1 Å². The van der Waals surface area contributed by atoms with E-state index in [4.69, 9.17) is 0 Å². The fourth-order valence-electron chi connectivity index (χ4n) is 1.73. The van der Waals surface area contributed by atoms with Crippen molar-refractivity contribution in [2.24, 2.45) is 0 Å². The summed E-state index contributed by atoms with van der Waals surface area (Å²) >= 11 is 3.45. The largest absolute Gasteiger partial charge is 0.369 e. The molecule has 0 saturated carbocycles. The molecule has 0 aliphatic carbocycles. The van der Waals surface area contributed by atoms with Crippen molar-refractivity contribution in [1.29, 1.82) is 0 Å². The summed E-state index contributed by atoms with van der Waals surface area (Å²) in [5.74, 6) is 0.957. The van der Waals surface area contributed by atoms with Crippen LogP contribution in [0.5, 0.6) is 0 Å². The number of hydrogen-bond donors (Lipinski definition) is 1. The Kier molecular flexibility index (Phi) is 6.52. The van der Waals surface area contributed by atoms with Crippen LogP contribution in [0.15, 0.2) is 16.6 Å². The third kappa shape index (κ3) is 5.04. The van der Waals surface area contributed by atoms with Crippen LogP contribution in [0.25, 0.3) is 0 Å². The maximum atomic E-state index is 4.46. The van der Waals surface area contributed by atoms with Crippen LogP contribution < -0.4 is 5.32 Å². The van der Waals surface area contributed by atoms with Gasteiger partial charge in [-0.05, 0) is 54.5 Å². The highest BCUT2D eigenvalue weighted by Crippen LogP contribution is 2.15. The second kappa shape index (κ2) is 7.67. The number of hydrogen-bond acceptors (Lipinski definition) is 3. The second-order valence-electron chi connectivity index (χ2n) is 4.12. The van der Waals surface area contributed by atoms with E-state index in [1.165, 1.54) is 13.0 Å². The number of likely N-dealkylation sites (N-methyl/N-ethyl adjacent to an activating group) is 1. The molecule has 1 heterocycles. The molecule has 0 unspecified atom stereocenters. The first-order valence-electron chi connectivity index (χ1n) is 6.26. The van der Waals surface area contributed by atoms with Crippen LogP contribution in [-0.4, -0.2) is 36.1 Å². The minimum atomic E-state index is 0.946. The summed E-state index contributed by atoms with van der Waals surface area (Å²) < 4.78 is 1.06. The minimum Gasteiger partial charge on any atom is -0.369 e. The molecule has 4 heteroatoms. The van der Waals surface area contributed by atoms with Gasteiger partial charge in [-0.15, -0.1) is 0 Å². The van der Waals surface area contributed by atoms with Gasteiger partial charge in [-0.3, -0.25) is 0 Å². The number of halogens is 1. The highest BCUT2D eigenvalue weighted by atomic mass is 79.9. The predicted molar refractivity (Wildman–Crippen MR) is 77.6 cm³/mol. The fraction of sp³-hybridized carbons (Fsp3) is 0.615. The Bertz CT molecular complexity index is 341. The second-order valence-corrected chi connectivity index (χ2v) is 4.98. The van der Waals surface area contributed by atoms with E-state index >= 15 is 0 Å². The predicted octanol–water partition coefficient (Wildman–Crippen LogP) is 3.30. The molecule has 0 saturated heterocycles. The maximum Gasteiger partial charge on any atom is 0.126 e. The lowest BCUT2D eigenvalue weighted by atomic mass is 10.3. The molecule has 0 aromatic carbocycles. The molecular weight excluding hydrogens is 278 g/mol. The topological polar surface area (TPSA) is 28.2 Å². The van der Waals surface area contributed by atoms with Gasteiger partial charge in [-0.2, -0.15) is 0 Å². The van der Waals surface area contributed by atoms with E-state index in [2.05, 4.69) is 45.0 Å². The molecule has 0 aliphatic rings. The highest BCUT2D eigenvalue weighted by molar-refractivity contribution is 9.10. The molecule has 96 valence electrons. The number of pyridine rings is 1. The monoisotopic (exact) mass is 299 g/mol. The summed E-state index contributed by atoms with van der Waals surface area (Å²) in [4.78, 5) is 6.91. The molecule has 1 aromatic rings. The summed E-state index contributed by atoms with van der Waals surface area (Å²) in [5.41, 5.74) is 1.02. The van der Waals surface area contributed by atoms with Crippen molar-refractivity contribution in [1.82, 2.24) is 9.88 Å². The lowest BCUT2D eigenvalue weighted by Gasteiger charge is -2.19. The van der Waals surface area contributed by atoms with Crippen LogP contribution in [0, 0.1) is 6.92 Å². The SMILES string of the molecule is CCCN(CC)CCNc1ccc(Br)c(C)n1. The summed E-state index contributed by atoms with van der Waals surface area (Å²) in [6, 6.07) is 4.04. The molecule has 1 N–H and O–H groups in total. The Morgan fingerprint density at radius 3 is 2.65 bits per heavy atom. The van der Waals surface area contributed by atoms with Crippen molar-refractivity contribution >= 4 is 21.7 Å². The molecule has 0 fully saturated rings. The Morgan fingerprint density at radius 1 is 1.29 bits per heavy atom. The van der Waals surface area contributed by atoms with Gasteiger partial charge in [-0.1, -0.05) is 13.8 Å². The summed E-state index contributed by atoms with van der Waals surface area (Å²) in [6.45, 7) is 10.7. The average Bonchev–Trinajstić information content (AvgIpc) is 2.32. The van der Waals surface area contributed by atoms with Gasteiger partial charge < -0.3 is 10.2 Å². The van der Waals surface area contributed by atoms with Gasteiger partial charge in [0.15, 0.2) is 0 Å². The molecule has 1 aromatic heterocycles. The van der Waals surface area contributed by atoms with Crippen LogP contribution in [0.3, 0.4) is 0 Å². The van der Waals surface area contributed by atoms with Gasteiger partial charge >= 0.3 is 0 Å². The van der Waals surface area contributed by atoms with Crippen LogP contribution >= 0.6 is 15.9 Å². The summed E-state index contributed by atoms with van der Waals surface area (Å²) in [5, 5.41) is 3.36. The van der Waals surface area contributed by atoms with Crippen LogP contribution in [-0.2, 0) is 0 Å². The van der Waals surface area contributed by atoms with Gasteiger partial charge in [0.2, 0.25) is 0 Å². The van der Waals surface area contributed by atoms with Crippen molar-refractivity contribution in [3.63, 3.8) is 0 Å². The van der Waals surface area contributed by atoms with E-state index in [0.717, 1.165) is 35.6 Å². The maximum absolute atomic E-state index is 4.46. The third-order valence-electron chi connectivity index (χ3n) is 2.74. The third-order valence-corrected chi connectivity index (χ3v) is 3.58. The van der Waals surface area contributed by atoms with Crippen molar-refractivity contribution in [3.8, 4) is 0 Å². The first-order valence-corrected chi connectivity index (χ1v) is 7.06. The standard InChI is InChI=1S/C13H22BrN3/c1-4-9-17(5-2)10-8-15-13-7-6-12(14)11(3)16-13/h6-7H,4-5,8-10H2,1-3H3,(H,15,16). The first-order chi connectivity index (χ1) is 8.17. The molecule has 0 aliphatic heterocycles. The fourth-order valence-corrected chi connectivity index (χ4v) is 1.95. The quantitative estimate of drug-likeness (QED) is 0.837. The molecule has 0 amide bonds. The van der Waals surface area contributed by atoms with Crippen LogP contribution in [0.4, 0.5) is 5.82 Å². The highest BCUT2D eigenvalue weighted by Gasteiger charge is 2.01. The number of aryl methyl sites for hydroxylation is 1. The number of aromatic nitrogens is 1.